The Balaban J connectivity index is 1.75. The van der Waals surface area contributed by atoms with Gasteiger partial charge in [0, 0.05) is 0 Å². The zero-order valence-electron chi connectivity index (χ0n) is 19.4. The van der Waals surface area contributed by atoms with Crippen molar-refractivity contribution in [3.8, 4) is 11.5 Å². The van der Waals surface area contributed by atoms with Crippen molar-refractivity contribution in [3.63, 3.8) is 0 Å². The van der Waals surface area contributed by atoms with Crippen molar-refractivity contribution in [2.24, 2.45) is 0 Å². The molecule has 164 valence electrons. The topological polar surface area (TPSA) is 27.7 Å². The minimum absolute atomic E-state index is 0.179. The maximum absolute atomic E-state index is 6.41. The van der Waals surface area contributed by atoms with Gasteiger partial charge >= 0.3 is 0 Å². The Kier molecular flexibility index (Phi) is 7.58. The number of ether oxygens (including phenoxy) is 2. The maximum atomic E-state index is 6.41. The van der Waals surface area contributed by atoms with E-state index in [-0.39, 0.29) is 5.04 Å². The van der Waals surface area contributed by atoms with Gasteiger partial charge in [0.15, 0.2) is 19.8 Å². The average Bonchev–Trinajstić information content (AvgIpc) is 2.76. The van der Waals surface area contributed by atoms with E-state index in [1.165, 1.54) is 0 Å². The molecule has 0 saturated carbocycles. The second-order valence-corrected chi connectivity index (χ2v) is 14.2. The Hall–Kier alpha value is -2.56. The highest BCUT2D eigenvalue weighted by atomic mass is 28.4. The lowest BCUT2D eigenvalue weighted by Gasteiger charge is -2.36. The van der Waals surface area contributed by atoms with Crippen molar-refractivity contribution in [2.75, 3.05) is 0 Å². The van der Waals surface area contributed by atoms with E-state index in [9.17, 15) is 0 Å². The number of hydrogen-bond donors (Lipinski definition) is 0. The predicted octanol–water partition coefficient (Wildman–Crippen LogP) is 7.37. The molecule has 3 nitrogen and oxygen atoms in total. The van der Waals surface area contributed by atoms with Crippen LogP contribution in [0.15, 0.2) is 78.9 Å². The molecule has 0 saturated heterocycles. The molecule has 0 aliphatic heterocycles. The van der Waals surface area contributed by atoms with E-state index in [4.69, 9.17) is 13.9 Å². The summed E-state index contributed by atoms with van der Waals surface area (Å²) in [4.78, 5) is 0. The van der Waals surface area contributed by atoms with Crippen LogP contribution in [0.25, 0.3) is 0 Å². The van der Waals surface area contributed by atoms with Gasteiger partial charge in [0.25, 0.3) is 0 Å². The van der Waals surface area contributed by atoms with Crippen LogP contribution in [-0.2, 0) is 24.2 Å². The average molecular weight is 435 g/mol. The molecule has 0 amide bonds. The van der Waals surface area contributed by atoms with Crippen LogP contribution in [0.4, 0.5) is 0 Å². The van der Waals surface area contributed by atoms with Gasteiger partial charge in [-0.25, -0.2) is 0 Å². The molecule has 3 aromatic carbocycles. The highest BCUT2D eigenvalue weighted by molar-refractivity contribution is 6.74. The Morgan fingerprint density at radius 3 is 1.65 bits per heavy atom. The largest absolute Gasteiger partial charge is 0.485 e. The van der Waals surface area contributed by atoms with Crippen molar-refractivity contribution in [1.29, 1.82) is 0 Å². The molecule has 0 aromatic heterocycles. The van der Waals surface area contributed by atoms with Crippen LogP contribution in [-0.4, -0.2) is 8.32 Å². The van der Waals surface area contributed by atoms with Crippen molar-refractivity contribution in [1.82, 2.24) is 0 Å². The third kappa shape index (κ3) is 6.71. The Labute approximate surface area is 188 Å². The molecule has 0 aliphatic carbocycles. The van der Waals surface area contributed by atoms with Gasteiger partial charge in [-0.05, 0) is 47.0 Å². The van der Waals surface area contributed by atoms with Gasteiger partial charge in [-0.15, -0.1) is 0 Å². The summed E-state index contributed by atoms with van der Waals surface area (Å²) in [5.41, 5.74) is 3.35. The third-order valence-electron chi connectivity index (χ3n) is 5.89. The zero-order valence-corrected chi connectivity index (χ0v) is 20.4. The molecular formula is C27H34O3Si. The lowest BCUT2D eigenvalue weighted by atomic mass is 10.2. The first-order valence-corrected chi connectivity index (χ1v) is 13.8. The van der Waals surface area contributed by atoms with E-state index in [1.807, 2.05) is 42.5 Å². The van der Waals surface area contributed by atoms with Crippen LogP contribution in [0.3, 0.4) is 0 Å². The Bertz CT molecular complexity index is 947. The molecule has 0 bridgehead atoms. The molecule has 0 unspecified atom stereocenters. The molecule has 0 N–H and O–H groups in total. The second-order valence-electron chi connectivity index (χ2n) is 9.38. The lowest BCUT2D eigenvalue weighted by molar-refractivity contribution is 0.252. The summed E-state index contributed by atoms with van der Waals surface area (Å²) in [7, 11) is -1.82. The highest BCUT2D eigenvalue weighted by Crippen LogP contribution is 2.37. The second kappa shape index (κ2) is 10.2. The number of benzene rings is 3. The molecule has 0 spiro atoms. The van der Waals surface area contributed by atoms with Crippen LogP contribution in [0, 0.1) is 0 Å². The SMILES string of the molecule is CC(C)(C)[Si](C)(C)OCc1ccc(OCc2ccccc2)c(OCc2ccccc2)c1. The van der Waals surface area contributed by atoms with Crippen LogP contribution in [0.2, 0.25) is 18.1 Å². The summed E-state index contributed by atoms with van der Waals surface area (Å²) in [6.45, 7) is 12.9. The fraction of sp³-hybridized carbons (Fsp3) is 0.333. The smallest absolute Gasteiger partial charge is 0.192 e. The molecule has 0 radical (unpaired) electrons. The fourth-order valence-corrected chi connectivity index (χ4v) is 3.79. The highest BCUT2D eigenvalue weighted by Gasteiger charge is 2.37. The predicted molar refractivity (Wildman–Crippen MR) is 130 cm³/mol. The van der Waals surface area contributed by atoms with Gasteiger partial charge in [0.1, 0.15) is 13.2 Å². The Morgan fingerprint density at radius 2 is 1.13 bits per heavy atom. The first-order chi connectivity index (χ1) is 14.7. The van der Waals surface area contributed by atoms with Gasteiger partial charge < -0.3 is 13.9 Å². The van der Waals surface area contributed by atoms with E-state index >= 15 is 0 Å². The molecule has 0 aliphatic rings. The van der Waals surface area contributed by atoms with Crippen molar-refractivity contribution in [2.45, 2.75) is 58.7 Å². The van der Waals surface area contributed by atoms with E-state index < -0.39 is 8.32 Å². The molecule has 4 heteroatoms. The quantitative estimate of drug-likeness (QED) is 0.329. The number of hydrogen-bond acceptors (Lipinski definition) is 3. The van der Waals surface area contributed by atoms with Crippen LogP contribution in [0.1, 0.15) is 37.5 Å². The van der Waals surface area contributed by atoms with E-state index in [2.05, 4.69) is 70.3 Å². The van der Waals surface area contributed by atoms with E-state index in [0.29, 0.717) is 19.8 Å². The summed E-state index contributed by atoms with van der Waals surface area (Å²) < 4.78 is 18.7. The number of rotatable bonds is 9. The Morgan fingerprint density at radius 1 is 0.613 bits per heavy atom. The van der Waals surface area contributed by atoms with Crippen LogP contribution < -0.4 is 9.47 Å². The molecular weight excluding hydrogens is 400 g/mol. The van der Waals surface area contributed by atoms with Gasteiger partial charge in [-0.2, -0.15) is 0 Å². The molecule has 3 aromatic rings. The molecule has 31 heavy (non-hydrogen) atoms. The summed E-state index contributed by atoms with van der Waals surface area (Å²) in [5, 5.41) is 0.179. The standard InChI is InChI=1S/C27H34O3Si/c1-27(2,3)31(4,5)30-21-24-16-17-25(28-19-22-12-8-6-9-13-22)26(18-24)29-20-23-14-10-7-11-15-23/h6-18H,19-21H2,1-5H3. The van der Waals surface area contributed by atoms with Crippen molar-refractivity contribution < 1.29 is 13.9 Å². The van der Waals surface area contributed by atoms with Gasteiger partial charge in [-0.3, -0.25) is 0 Å². The fourth-order valence-electron chi connectivity index (χ4n) is 2.83. The summed E-state index contributed by atoms with van der Waals surface area (Å²) >= 11 is 0. The zero-order chi connectivity index (χ0) is 22.3. The molecule has 3 rings (SSSR count). The summed E-state index contributed by atoms with van der Waals surface area (Å²) in [6.07, 6.45) is 0. The maximum Gasteiger partial charge on any atom is 0.192 e. The molecule has 0 atom stereocenters. The first kappa shape index (κ1) is 23.1. The van der Waals surface area contributed by atoms with Crippen molar-refractivity contribution in [3.05, 3.63) is 95.6 Å². The minimum Gasteiger partial charge on any atom is -0.485 e. The summed E-state index contributed by atoms with van der Waals surface area (Å²) in [5.74, 6) is 1.49. The first-order valence-electron chi connectivity index (χ1n) is 10.8. The molecule has 0 fully saturated rings. The van der Waals surface area contributed by atoms with E-state index in [1.54, 1.807) is 0 Å². The van der Waals surface area contributed by atoms with Crippen LogP contribution >= 0.6 is 0 Å². The monoisotopic (exact) mass is 434 g/mol. The van der Waals surface area contributed by atoms with Gasteiger partial charge in [0.2, 0.25) is 0 Å². The molecule has 0 heterocycles. The van der Waals surface area contributed by atoms with E-state index in [0.717, 1.165) is 28.2 Å². The van der Waals surface area contributed by atoms with Crippen LogP contribution in [0.5, 0.6) is 11.5 Å². The lowest BCUT2D eigenvalue weighted by Crippen LogP contribution is -2.40. The normalized spacial score (nSPS) is 11.9. The third-order valence-corrected chi connectivity index (χ3v) is 10.4. The van der Waals surface area contributed by atoms with Gasteiger partial charge in [0.05, 0.1) is 6.61 Å². The van der Waals surface area contributed by atoms with Crippen molar-refractivity contribution >= 4 is 8.32 Å². The van der Waals surface area contributed by atoms with Gasteiger partial charge in [-0.1, -0.05) is 87.5 Å². The summed E-state index contributed by atoms with van der Waals surface area (Å²) in [6, 6.07) is 26.5. The minimum atomic E-state index is -1.82.